The van der Waals surface area contributed by atoms with Crippen LogP contribution in [0.2, 0.25) is 0 Å². The van der Waals surface area contributed by atoms with Crippen molar-refractivity contribution >= 4 is 23.5 Å². The van der Waals surface area contributed by atoms with E-state index >= 15 is 0 Å². The Kier molecular flexibility index (Phi) is 7.91. The van der Waals surface area contributed by atoms with E-state index in [9.17, 15) is 14.4 Å². The minimum Gasteiger partial charge on any atom is -0.497 e. The van der Waals surface area contributed by atoms with Crippen molar-refractivity contribution < 1.29 is 23.9 Å². The SMILES string of the molecule is COc1cccc(C(=O)Oc2ccccc2C(C)=NNC(=O)C(=O)NCc2ccccc2)c1. The third kappa shape index (κ3) is 6.51. The second kappa shape index (κ2) is 11.2. The van der Waals surface area contributed by atoms with Crippen LogP contribution in [-0.4, -0.2) is 30.6 Å². The summed E-state index contributed by atoms with van der Waals surface area (Å²) < 4.78 is 10.7. The fraction of sp³-hybridized carbons (Fsp3) is 0.120. The first-order valence-corrected chi connectivity index (χ1v) is 10.1. The van der Waals surface area contributed by atoms with Crippen LogP contribution in [-0.2, 0) is 16.1 Å². The Bertz CT molecular complexity index is 1180. The van der Waals surface area contributed by atoms with Gasteiger partial charge in [-0.3, -0.25) is 9.59 Å². The van der Waals surface area contributed by atoms with Crippen LogP contribution in [0, 0.1) is 0 Å². The lowest BCUT2D eigenvalue weighted by molar-refractivity contribution is -0.139. The van der Waals surface area contributed by atoms with Gasteiger partial charge >= 0.3 is 17.8 Å². The number of methoxy groups -OCH3 is 1. The van der Waals surface area contributed by atoms with E-state index in [1.54, 1.807) is 55.5 Å². The van der Waals surface area contributed by atoms with Crippen molar-refractivity contribution in [2.45, 2.75) is 13.5 Å². The Morgan fingerprint density at radius 1 is 0.879 bits per heavy atom. The Hall–Kier alpha value is -4.46. The summed E-state index contributed by atoms with van der Waals surface area (Å²) in [4.78, 5) is 36.7. The van der Waals surface area contributed by atoms with Gasteiger partial charge in [0.05, 0.1) is 18.4 Å². The smallest absolute Gasteiger partial charge is 0.343 e. The average Bonchev–Trinajstić information content (AvgIpc) is 2.86. The first kappa shape index (κ1) is 23.2. The summed E-state index contributed by atoms with van der Waals surface area (Å²) in [6.07, 6.45) is 0. The molecule has 168 valence electrons. The van der Waals surface area contributed by atoms with Gasteiger partial charge in [0, 0.05) is 12.1 Å². The first-order chi connectivity index (χ1) is 16.0. The average molecular weight is 445 g/mol. The lowest BCUT2D eigenvalue weighted by Gasteiger charge is -2.10. The van der Waals surface area contributed by atoms with Crippen LogP contribution < -0.4 is 20.2 Å². The van der Waals surface area contributed by atoms with E-state index in [1.807, 2.05) is 30.3 Å². The molecule has 3 aromatic rings. The number of carbonyl (C=O) groups is 3. The van der Waals surface area contributed by atoms with Gasteiger partial charge in [0.1, 0.15) is 11.5 Å². The summed E-state index contributed by atoms with van der Waals surface area (Å²) in [5, 5.41) is 6.51. The molecule has 3 aromatic carbocycles. The Labute approximate surface area is 191 Å². The number of ether oxygens (including phenoxy) is 2. The maximum absolute atomic E-state index is 12.6. The second-order valence-corrected chi connectivity index (χ2v) is 6.92. The molecular weight excluding hydrogens is 422 g/mol. The molecule has 8 heteroatoms. The summed E-state index contributed by atoms with van der Waals surface area (Å²) in [5.41, 5.74) is 4.25. The number of amides is 2. The Morgan fingerprint density at radius 3 is 2.36 bits per heavy atom. The van der Waals surface area contributed by atoms with E-state index in [4.69, 9.17) is 9.47 Å². The molecule has 0 aliphatic heterocycles. The number of nitrogens with zero attached hydrogens (tertiary/aromatic N) is 1. The van der Waals surface area contributed by atoms with Gasteiger partial charge in [0.15, 0.2) is 0 Å². The molecule has 2 N–H and O–H groups in total. The van der Waals surface area contributed by atoms with E-state index in [-0.39, 0.29) is 12.3 Å². The van der Waals surface area contributed by atoms with Crippen LogP contribution >= 0.6 is 0 Å². The molecule has 33 heavy (non-hydrogen) atoms. The molecule has 0 spiro atoms. The molecule has 0 aromatic heterocycles. The highest BCUT2D eigenvalue weighted by atomic mass is 16.5. The minimum absolute atomic E-state index is 0.221. The van der Waals surface area contributed by atoms with Gasteiger partial charge in [-0.05, 0) is 42.8 Å². The monoisotopic (exact) mass is 445 g/mol. The summed E-state index contributed by atoms with van der Waals surface area (Å²) in [7, 11) is 1.51. The molecule has 8 nitrogen and oxygen atoms in total. The molecule has 3 rings (SSSR count). The summed E-state index contributed by atoms with van der Waals surface area (Å²) in [6, 6.07) is 22.6. The molecule has 0 aliphatic rings. The van der Waals surface area contributed by atoms with Crippen LogP contribution in [0.15, 0.2) is 84.0 Å². The molecule has 0 saturated carbocycles. The van der Waals surface area contributed by atoms with Crippen molar-refractivity contribution in [2.24, 2.45) is 5.10 Å². The number of esters is 1. The van der Waals surface area contributed by atoms with E-state index in [0.717, 1.165) is 5.56 Å². The molecule has 0 radical (unpaired) electrons. The lowest BCUT2D eigenvalue weighted by Crippen LogP contribution is -2.37. The van der Waals surface area contributed by atoms with Crippen molar-refractivity contribution in [2.75, 3.05) is 7.11 Å². The van der Waals surface area contributed by atoms with E-state index in [2.05, 4.69) is 15.8 Å². The number of para-hydroxylation sites is 1. The van der Waals surface area contributed by atoms with Crippen LogP contribution in [0.1, 0.15) is 28.4 Å². The molecule has 0 atom stereocenters. The summed E-state index contributed by atoms with van der Waals surface area (Å²) >= 11 is 0. The molecule has 0 aliphatic carbocycles. The zero-order valence-electron chi connectivity index (χ0n) is 18.2. The van der Waals surface area contributed by atoms with Gasteiger partial charge in [0.2, 0.25) is 0 Å². The van der Waals surface area contributed by atoms with Crippen molar-refractivity contribution in [3.8, 4) is 11.5 Å². The predicted molar refractivity (Wildman–Crippen MR) is 123 cm³/mol. The fourth-order valence-electron chi connectivity index (χ4n) is 2.87. The van der Waals surface area contributed by atoms with Gasteiger partial charge in [0.25, 0.3) is 0 Å². The van der Waals surface area contributed by atoms with E-state index in [0.29, 0.717) is 22.6 Å². The third-order valence-electron chi connectivity index (χ3n) is 4.61. The molecule has 2 amide bonds. The number of hydrogen-bond acceptors (Lipinski definition) is 6. The maximum Gasteiger partial charge on any atom is 0.343 e. The quantitative estimate of drug-likeness (QED) is 0.191. The van der Waals surface area contributed by atoms with Crippen LogP contribution in [0.4, 0.5) is 0 Å². The fourth-order valence-corrected chi connectivity index (χ4v) is 2.87. The molecule has 0 bridgehead atoms. The van der Waals surface area contributed by atoms with Crippen molar-refractivity contribution in [3.63, 3.8) is 0 Å². The predicted octanol–water partition coefficient (Wildman–Crippen LogP) is 3.07. The van der Waals surface area contributed by atoms with E-state index < -0.39 is 17.8 Å². The molecular formula is C25H23N3O5. The number of rotatable bonds is 7. The topological polar surface area (TPSA) is 106 Å². The number of hydrazone groups is 1. The van der Waals surface area contributed by atoms with Crippen LogP contribution in [0.3, 0.4) is 0 Å². The largest absolute Gasteiger partial charge is 0.497 e. The number of benzene rings is 3. The van der Waals surface area contributed by atoms with Gasteiger partial charge in [-0.1, -0.05) is 48.5 Å². The van der Waals surface area contributed by atoms with Crippen molar-refractivity contribution in [1.29, 1.82) is 0 Å². The third-order valence-corrected chi connectivity index (χ3v) is 4.61. The van der Waals surface area contributed by atoms with Crippen molar-refractivity contribution in [1.82, 2.24) is 10.7 Å². The van der Waals surface area contributed by atoms with Gasteiger partial charge in [-0.2, -0.15) is 5.10 Å². The van der Waals surface area contributed by atoms with Gasteiger partial charge < -0.3 is 14.8 Å². The highest BCUT2D eigenvalue weighted by Gasteiger charge is 2.15. The summed E-state index contributed by atoms with van der Waals surface area (Å²) in [6.45, 7) is 1.85. The normalized spacial score (nSPS) is 10.8. The molecule has 0 heterocycles. The first-order valence-electron chi connectivity index (χ1n) is 10.1. The zero-order valence-corrected chi connectivity index (χ0v) is 18.2. The van der Waals surface area contributed by atoms with Crippen LogP contribution in [0.5, 0.6) is 11.5 Å². The second-order valence-electron chi connectivity index (χ2n) is 6.92. The summed E-state index contributed by atoms with van der Waals surface area (Å²) in [5.74, 6) is -1.50. The van der Waals surface area contributed by atoms with Gasteiger partial charge in [-0.15, -0.1) is 0 Å². The minimum atomic E-state index is -0.906. The standard InChI is InChI=1S/C25H23N3O5/c1-17(27-28-24(30)23(29)26-16-18-9-4-3-5-10-18)21-13-6-7-14-22(21)33-25(31)19-11-8-12-20(15-19)32-2/h3-15H,16H2,1-2H3,(H,26,29)(H,28,30). The lowest BCUT2D eigenvalue weighted by atomic mass is 10.1. The Balaban J connectivity index is 1.64. The highest BCUT2D eigenvalue weighted by Crippen LogP contribution is 2.21. The molecule has 0 fully saturated rings. The number of carbonyl (C=O) groups excluding carboxylic acids is 3. The Morgan fingerprint density at radius 2 is 1.61 bits per heavy atom. The zero-order chi connectivity index (χ0) is 23.6. The number of nitrogens with one attached hydrogen (secondary N) is 2. The number of hydrogen-bond donors (Lipinski definition) is 2. The van der Waals surface area contributed by atoms with Gasteiger partial charge in [-0.25, -0.2) is 10.2 Å². The van der Waals surface area contributed by atoms with Crippen LogP contribution in [0.25, 0.3) is 0 Å². The molecule has 0 saturated heterocycles. The maximum atomic E-state index is 12.6. The van der Waals surface area contributed by atoms with E-state index in [1.165, 1.54) is 7.11 Å². The highest BCUT2D eigenvalue weighted by molar-refractivity contribution is 6.35. The molecule has 0 unspecified atom stereocenters. The van der Waals surface area contributed by atoms with Crippen molar-refractivity contribution in [3.05, 3.63) is 95.6 Å².